The van der Waals surface area contributed by atoms with Gasteiger partial charge in [0.15, 0.2) is 10.8 Å². The van der Waals surface area contributed by atoms with Gasteiger partial charge in [-0.3, -0.25) is 14.9 Å². The van der Waals surface area contributed by atoms with Crippen LogP contribution in [-0.2, 0) is 0 Å². The van der Waals surface area contributed by atoms with Crippen LogP contribution in [0, 0.1) is 6.92 Å². The fourth-order valence-electron chi connectivity index (χ4n) is 3.03. The number of carbonyl (C=O) groups excluding carboxylic acids is 2. The molecule has 8 nitrogen and oxygen atoms in total. The van der Waals surface area contributed by atoms with Crippen molar-refractivity contribution in [1.82, 2.24) is 19.7 Å². The van der Waals surface area contributed by atoms with E-state index in [1.807, 2.05) is 18.5 Å². The summed E-state index contributed by atoms with van der Waals surface area (Å²) in [6.07, 6.45) is 3.34. The molecule has 0 saturated carbocycles. The van der Waals surface area contributed by atoms with Crippen LogP contribution in [0.15, 0.2) is 48.1 Å². The lowest BCUT2D eigenvalue weighted by molar-refractivity contribution is 0.101. The Morgan fingerprint density at radius 3 is 2.53 bits per heavy atom. The number of nitrogens with one attached hydrogen (secondary N) is 2. The van der Waals surface area contributed by atoms with Gasteiger partial charge in [0, 0.05) is 34.3 Å². The van der Waals surface area contributed by atoms with Gasteiger partial charge in [-0.1, -0.05) is 0 Å². The monoisotopic (exact) mass is 420 g/mol. The summed E-state index contributed by atoms with van der Waals surface area (Å²) in [6, 6.07) is 8.66. The van der Waals surface area contributed by atoms with Gasteiger partial charge in [0.25, 0.3) is 11.8 Å². The third-order valence-corrected chi connectivity index (χ3v) is 5.24. The average Bonchev–Trinajstić information content (AvgIpc) is 3.37. The van der Waals surface area contributed by atoms with Crippen molar-refractivity contribution in [3.05, 3.63) is 64.9 Å². The number of aromatic nitrogens is 4. The van der Waals surface area contributed by atoms with Gasteiger partial charge in [-0.2, -0.15) is 5.10 Å². The SMILES string of the molecule is Cc1nc2c(cnn2C(C)C)cc1C(=O)Nc1ccc(C(=O)Nc2nccs2)cc1. The molecular weight excluding hydrogens is 400 g/mol. The van der Waals surface area contributed by atoms with E-state index < -0.39 is 0 Å². The first-order valence-corrected chi connectivity index (χ1v) is 10.3. The summed E-state index contributed by atoms with van der Waals surface area (Å²) >= 11 is 1.35. The molecule has 0 bridgehead atoms. The van der Waals surface area contributed by atoms with Gasteiger partial charge in [-0.05, 0) is 51.1 Å². The Morgan fingerprint density at radius 2 is 1.87 bits per heavy atom. The van der Waals surface area contributed by atoms with Crippen molar-refractivity contribution in [1.29, 1.82) is 0 Å². The van der Waals surface area contributed by atoms with Crippen LogP contribution in [0.25, 0.3) is 11.0 Å². The van der Waals surface area contributed by atoms with E-state index in [1.54, 1.807) is 55.0 Å². The molecule has 2 N–H and O–H groups in total. The first-order chi connectivity index (χ1) is 14.4. The van der Waals surface area contributed by atoms with E-state index in [0.717, 1.165) is 11.0 Å². The number of thiazole rings is 1. The van der Waals surface area contributed by atoms with E-state index in [-0.39, 0.29) is 17.9 Å². The minimum atomic E-state index is -0.265. The molecule has 1 aromatic carbocycles. The molecule has 0 radical (unpaired) electrons. The molecular formula is C21H20N6O2S. The molecule has 0 atom stereocenters. The Bertz CT molecular complexity index is 1210. The highest BCUT2D eigenvalue weighted by Gasteiger charge is 2.16. The molecule has 4 aromatic rings. The van der Waals surface area contributed by atoms with Gasteiger partial charge < -0.3 is 5.32 Å². The molecule has 0 spiro atoms. The second-order valence-corrected chi connectivity index (χ2v) is 7.93. The highest BCUT2D eigenvalue weighted by molar-refractivity contribution is 7.13. The lowest BCUT2D eigenvalue weighted by Crippen LogP contribution is -2.15. The molecule has 4 rings (SSSR count). The van der Waals surface area contributed by atoms with Crippen molar-refractivity contribution in [3.8, 4) is 0 Å². The summed E-state index contributed by atoms with van der Waals surface area (Å²) in [6.45, 7) is 5.87. The van der Waals surface area contributed by atoms with Crippen molar-refractivity contribution in [3.63, 3.8) is 0 Å². The summed E-state index contributed by atoms with van der Waals surface area (Å²) in [7, 11) is 0. The molecule has 3 heterocycles. The lowest BCUT2D eigenvalue weighted by atomic mass is 10.1. The van der Waals surface area contributed by atoms with Crippen molar-refractivity contribution in [2.75, 3.05) is 10.6 Å². The quantitative estimate of drug-likeness (QED) is 0.502. The molecule has 3 aromatic heterocycles. The summed E-state index contributed by atoms with van der Waals surface area (Å²) in [4.78, 5) is 33.6. The molecule has 0 aliphatic rings. The first kappa shape index (κ1) is 19.7. The number of aryl methyl sites for hydroxylation is 1. The number of hydrogen-bond acceptors (Lipinski definition) is 6. The maximum Gasteiger partial charge on any atom is 0.257 e. The Morgan fingerprint density at radius 1 is 1.10 bits per heavy atom. The number of fused-ring (bicyclic) bond motifs is 1. The van der Waals surface area contributed by atoms with Crippen LogP contribution < -0.4 is 10.6 Å². The minimum absolute atomic E-state index is 0.181. The van der Waals surface area contributed by atoms with Crippen molar-refractivity contribution >= 4 is 45.0 Å². The molecule has 0 unspecified atom stereocenters. The highest BCUT2D eigenvalue weighted by atomic mass is 32.1. The Balaban J connectivity index is 1.49. The largest absolute Gasteiger partial charge is 0.322 e. The molecule has 152 valence electrons. The van der Waals surface area contributed by atoms with Crippen LogP contribution in [0.1, 0.15) is 46.3 Å². The van der Waals surface area contributed by atoms with Crippen LogP contribution in [0.4, 0.5) is 10.8 Å². The van der Waals surface area contributed by atoms with Gasteiger partial charge in [0.2, 0.25) is 0 Å². The summed E-state index contributed by atoms with van der Waals surface area (Å²) in [5.74, 6) is -0.519. The lowest BCUT2D eigenvalue weighted by Gasteiger charge is -2.10. The van der Waals surface area contributed by atoms with E-state index in [9.17, 15) is 9.59 Å². The van der Waals surface area contributed by atoms with E-state index in [0.29, 0.717) is 27.6 Å². The predicted octanol–water partition coefficient (Wildman–Crippen LogP) is 4.28. The topological polar surface area (TPSA) is 102 Å². The van der Waals surface area contributed by atoms with Crippen molar-refractivity contribution < 1.29 is 9.59 Å². The maximum absolute atomic E-state index is 12.8. The number of amides is 2. The van der Waals surface area contributed by atoms with Gasteiger partial charge in [-0.15, -0.1) is 11.3 Å². The van der Waals surface area contributed by atoms with Crippen LogP contribution in [0.3, 0.4) is 0 Å². The second-order valence-electron chi connectivity index (χ2n) is 7.04. The smallest absolute Gasteiger partial charge is 0.257 e. The van der Waals surface area contributed by atoms with E-state index in [1.165, 1.54) is 11.3 Å². The van der Waals surface area contributed by atoms with Gasteiger partial charge in [0.1, 0.15) is 0 Å². The van der Waals surface area contributed by atoms with Gasteiger partial charge >= 0.3 is 0 Å². The second kappa shape index (κ2) is 8.03. The molecule has 0 aliphatic carbocycles. The van der Waals surface area contributed by atoms with E-state index in [4.69, 9.17) is 0 Å². The van der Waals surface area contributed by atoms with Crippen LogP contribution in [0.5, 0.6) is 0 Å². The Labute approximate surface area is 177 Å². The zero-order chi connectivity index (χ0) is 21.3. The molecule has 9 heteroatoms. The summed E-state index contributed by atoms with van der Waals surface area (Å²) in [5.41, 5.74) is 2.93. The zero-order valence-corrected chi connectivity index (χ0v) is 17.5. The van der Waals surface area contributed by atoms with Gasteiger partial charge in [0.05, 0.1) is 17.5 Å². The predicted molar refractivity (Wildman–Crippen MR) is 117 cm³/mol. The van der Waals surface area contributed by atoms with Gasteiger partial charge in [-0.25, -0.2) is 14.6 Å². The highest BCUT2D eigenvalue weighted by Crippen LogP contribution is 2.21. The van der Waals surface area contributed by atoms with E-state index >= 15 is 0 Å². The minimum Gasteiger partial charge on any atom is -0.322 e. The third-order valence-electron chi connectivity index (χ3n) is 4.55. The molecule has 30 heavy (non-hydrogen) atoms. The van der Waals surface area contributed by atoms with Crippen molar-refractivity contribution in [2.24, 2.45) is 0 Å². The summed E-state index contributed by atoms with van der Waals surface area (Å²) < 4.78 is 1.83. The molecule has 0 fully saturated rings. The number of rotatable bonds is 5. The fourth-order valence-corrected chi connectivity index (χ4v) is 3.56. The van der Waals surface area contributed by atoms with Crippen molar-refractivity contribution in [2.45, 2.75) is 26.8 Å². The summed E-state index contributed by atoms with van der Waals surface area (Å²) in [5, 5.41) is 13.1. The number of benzene rings is 1. The van der Waals surface area contributed by atoms with Crippen LogP contribution >= 0.6 is 11.3 Å². The molecule has 0 saturated heterocycles. The normalized spacial score (nSPS) is 11.1. The number of pyridine rings is 1. The maximum atomic E-state index is 12.8. The Kier molecular flexibility index (Phi) is 5.28. The number of anilines is 2. The average molecular weight is 420 g/mol. The Hall–Kier alpha value is -3.59. The standard InChI is InChI=1S/C21H20N6O2S/c1-12(2)27-18-15(11-23-27)10-17(13(3)24-18)20(29)25-16-6-4-14(5-7-16)19(28)26-21-22-8-9-30-21/h4-12H,1-3H3,(H,25,29)(H,22,26,28). The van der Waals surface area contributed by atoms with E-state index in [2.05, 4.69) is 25.7 Å². The number of nitrogens with zero attached hydrogens (tertiary/aromatic N) is 4. The first-order valence-electron chi connectivity index (χ1n) is 9.39. The number of carbonyl (C=O) groups is 2. The molecule has 0 aliphatic heterocycles. The van der Waals surface area contributed by atoms with Crippen LogP contribution in [-0.4, -0.2) is 31.6 Å². The fraction of sp³-hybridized carbons (Fsp3) is 0.190. The number of hydrogen-bond donors (Lipinski definition) is 2. The zero-order valence-electron chi connectivity index (χ0n) is 16.7. The van der Waals surface area contributed by atoms with Crippen LogP contribution in [0.2, 0.25) is 0 Å². The molecule has 2 amide bonds. The third kappa shape index (κ3) is 3.92.